The quantitative estimate of drug-likeness (QED) is 0.0222. The monoisotopic (exact) mass is 1880 g/mol. The molecule has 0 amide bonds. The average molecular weight is 1880 g/mol. The molecule has 14 rings (SSSR count). The number of sulfonamides is 7. The first-order chi connectivity index (χ1) is 58.0. The Morgan fingerprint density at radius 2 is 0.520 bits per heavy atom. The van der Waals surface area contributed by atoms with Gasteiger partial charge in [0.15, 0.2) is 88.8 Å². The minimum absolute atomic E-state index is 0.0146. The van der Waals surface area contributed by atoms with Crippen molar-refractivity contribution in [3.05, 3.63) is 376 Å². The van der Waals surface area contributed by atoms with Crippen LogP contribution in [0.3, 0.4) is 0 Å². The van der Waals surface area contributed by atoms with Crippen molar-refractivity contribution >= 4 is 125 Å². The molecule has 35 heteroatoms. The van der Waals surface area contributed by atoms with Gasteiger partial charge in [0.05, 0.1) is 90.7 Å². The molecule has 12 aromatic rings. The van der Waals surface area contributed by atoms with Gasteiger partial charge in [-0.15, -0.1) is 0 Å². The van der Waals surface area contributed by atoms with E-state index in [2.05, 4.69) is 368 Å². The molecule has 2 bridgehead atoms. The summed E-state index contributed by atoms with van der Waals surface area (Å²) in [5.74, 6) is -4.39. The van der Waals surface area contributed by atoms with Crippen LogP contribution in [-0.4, -0.2) is 105 Å². The molecule has 0 saturated heterocycles. The van der Waals surface area contributed by atoms with E-state index in [9.17, 15) is 86.4 Å². The van der Waals surface area contributed by atoms with E-state index in [-0.39, 0.29) is 86.9 Å². The highest BCUT2D eigenvalue weighted by Gasteiger charge is 2.65. The summed E-state index contributed by atoms with van der Waals surface area (Å²) in [7, 11) is -38.6. The van der Waals surface area contributed by atoms with Gasteiger partial charge >= 0.3 is 9.84 Å². The number of hydrogen-bond acceptors (Lipinski definition) is 16. The third kappa shape index (κ3) is 26.5. The number of Topliss-reactive ketones (excluding diaryl/α,β-unsaturated/α-hetero) is 1. The molecule has 2 aliphatic rings. The van der Waals surface area contributed by atoms with Crippen LogP contribution < -0.4 is 5.11 Å². The van der Waals surface area contributed by atoms with E-state index in [1.54, 1.807) is 22.1 Å². The number of benzene rings is 12. The zero-order valence-electron chi connectivity index (χ0n) is 66.4. The molecule has 0 aliphatic heterocycles. The van der Waals surface area contributed by atoms with Crippen LogP contribution in [0.15, 0.2) is 427 Å². The van der Waals surface area contributed by atoms with Crippen molar-refractivity contribution in [2.45, 2.75) is 102 Å². The number of halogens is 4. The maximum atomic E-state index is 13.9. The molecular formula is C88H84F4N4O16S11. The van der Waals surface area contributed by atoms with Gasteiger partial charge in [-0.25, -0.2) is 58.9 Å². The highest BCUT2D eigenvalue weighted by Crippen LogP contribution is 2.64. The molecule has 0 N–H and O–H groups in total. The summed E-state index contributed by atoms with van der Waals surface area (Å²) in [6.07, 6.45) is 1.25. The van der Waals surface area contributed by atoms with E-state index in [1.165, 1.54) is 58.7 Å². The molecule has 2 unspecified atom stereocenters. The van der Waals surface area contributed by atoms with Crippen molar-refractivity contribution in [3.8, 4) is 0 Å². The zero-order valence-corrected chi connectivity index (χ0v) is 75.4. The van der Waals surface area contributed by atoms with Gasteiger partial charge in [-0.1, -0.05) is 232 Å². The van der Waals surface area contributed by atoms with Gasteiger partial charge in [-0.2, -0.15) is 22.0 Å². The third-order valence-corrected chi connectivity index (χ3v) is 37.5. The van der Waals surface area contributed by atoms with Crippen LogP contribution in [-0.2, 0) is 119 Å². The maximum absolute atomic E-state index is 13.9. The van der Waals surface area contributed by atoms with Crippen molar-refractivity contribution in [2.24, 2.45) is 21.1 Å². The number of ketones is 1. The molecule has 2 fully saturated rings. The Hall–Kier alpha value is -9.57. The molecule has 2 aliphatic carbocycles. The van der Waals surface area contributed by atoms with Gasteiger partial charge in [0.1, 0.15) is 5.78 Å². The Labute approximate surface area is 729 Å². The molecule has 646 valence electrons. The number of fused-ring (bicyclic) bond motifs is 2. The first-order valence-electron chi connectivity index (χ1n) is 36.9. The summed E-state index contributed by atoms with van der Waals surface area (Å²) < 4.78 is 210. The number of carbonyl (C=O) groups is 1. The molecular weight excluding hydrogens is 1800 g/mol. The highest BCUT2D eigenvalue weighted by atomic mass is 32.3. The molecule has 0 spiro atoms. The summed E-state index contributed by atoms with van der Waals surface area (Å²) >= 11 is 0. The van der Waals surface area contributed by atoms with Crippen LogP contribution in [0, 0.1) is 16.7 Å². The summed E-state index contributed by atoms with van der Waals surface area (Å²) in [5.41, 5.74) is -2.18. The Kier molecular flexibility index (Phi) is 33.5. The van der Waals surface area contributed by atoms with E-state index in [4.69, 9.17) is 0 Å². The number of nitrogens with zero attached hydrogens (tertiary/aromatic N) is 4. The van der Waals surface area contributed by atoms with Gasteiger partial charge < -0.3 is 17.5 Å². The van der Waals surface area contributed by atoms with Crippen molar-refractivity contribution in [1.82, 2.24) is 0 Å². The number of alkyl halides is 4. The number of carbonyl (C=O) groups excluding carboxylic acids is 1. The molecule has 123 heavy (non-hydrogen) atoms. The fourth-order valence-corrected chi connectivity index (χ4v) is 30.3. The largest absolute Gasteiger partial charge is 0.856 e. The lowest BCUT2D eigenvalue weighted by atomic mass is 9.70. The predicted molar refractivity (Wildman–Crippen MR) is 477 cm³/mol. The molecule has 0 heterocycles. The van der Waals surface area contributed by atoms with E-state index < -0.39 is 102 Å². The smallest absolute Gasteiger partial charge is 0.413 e. The summed E-state index contributed by atoms with van der Waals surface area (Å²) in [4.78, 5) is 28.7. The van der Waals surface area contributed by atoms with Gasteiger partial charge in [0.25, 0.3) is 10.0 Å². The fourth-order valence-electron chi connectivity index (χ4n) is 12.9. The zero-order chi connectivity index (χ0) is 89.6. The molecule has 12 aromatic carbocycles. The van der Waals surface area contributed by atoms with Crippen LogP contribution in [0.5, 0.6) is 0 Å². The number of rotatable bonds is 25. The predicted octanol–water partition coefficient (Wildman–Crippen LogP) is 17.7. The first kappa shape index (κ1) is 97.2. The molecule has 0 radical (unpaired) electrons. The van der Waals surface area contributed by atoms with E-state index in [0.29, 0.717) is 6.42 Å². The number of hydrogen-bond donors (Lipinski definition) is 0. The van der Waals surface area contributed by atoms with E-state index in [0.717, 1.165) is 0 Å². The van der Waals surface area contributed by atoms with Crippen LogP contribution in [0.1, 0.15) is 33.1 Å². The van der Waals surface area contributed by atoms with Crippen molar-refractivity contribution in [1.29, 1.82) is 0 Å². The first-order valence-corrected chi connectivity index (χ1v) is 53.3. The van der Waals surface area contributed by atoms with Crippen LogP contribution in [0.25, 0.3) is 12.4 Å². The third-order valence-electron chi connectivity index (χ3n) is 18.4. The van der Waals surface area contributed by atoms with Gasteiger partial charge in [0, 0.05) is 25.2 Å². The van der Waals surface area contributed by atoms with Crippen LogP contribution in [0.4, 0.5) is 17.6 Å². The normalized spacial score (nSPS) is 15.4. The van der Waals surface area contributed by atoms with Gasteiger partial charge in [-0.3, -0.25) is 4.79 Å². The Morgan fingerprint density at radius 1 is 0.341 bits per heavy atom. The SMILES string of the molecule is CC1(C)C2CCC1(CS(=O)(=O)N=C([O-])C(F)(F)S(=O)(=O)[N-]S(C)(=O)=O)C(=O)C2.CS(=O)(=O)[N-]S(=O)(=O)C(F)(F)S(=O)(=O)[N-]S(C)(=O)=O.c1ccc([S+](c2ccccc2)c2ccccc2)cc1.c1ccc([S+](c2ccccc2)c2ccccc2)cc1.c1ccc([S+](c2ccccc2)c2ccccc2)cc1.c1ccc([S+](c2ccccc2)c2ccccc2)cc1. The summed E-state index contributed by atoms with van der Waals surface area (Å²) in [6, 6.07) is 129. The second kappa shape index (κ2) is 42.4. The Bertz CT molecular complexity index is 5420. The second-order valence-corrected chi connectivity index (χ2v) is 48.2. The lowest BCUT2D eigenvalue weighted by molar-refractivity contribution is -0.234. The molecule has 0 aromatic heterocycles. The minimum Gasteiger partial charge on any atom is -0.856 e. The van der Waals surface area contributed by atoms with Crippen LogP contribution in [0.2, 0.25) is 0 Å². The van der Waals surface area contributed by atoms with Crippen LogP contribution >= 0.6 is 0 Å². The van der Waals surface area contributed by atoms with E-state index in [1.807, 2.05) is 4.13 Å². The Morgan fingerprint density at radius 3 is 0.675 bits per heavy atom. The van der Waals surface area contributed by atoms with Crippen molar-refractivity contribution in [3.63, 3.8) is 0 Å². The topological polar surface area (TPSA) is 334 Å². The highest BCUT2D eigenvalue weighted by molar-refractivity contribution is 8.23. The second-order valence-electron chi connectivity index (χ2n) is 27.6. The van der Waals surface area contributed by atoms with Gasteiger partial charge in [0.2, 0.25) is 0 Å². The van der Waals surface area contributed by atoms with E-state index >= 15 is 0 Å². The maximum Gasteiger partial charge on any atom is 0.413 e. The fraction of sp³-hybridized carbons (Fsp3) is 0.159. The van der Waals surface area contributed by atoms with Crippen molar-refractivity contribution < 1.29 is 86.4 Å². The molecule has 2 atom stereocenters. The molecule has 20 nitrogen and oxygen atoms in total. The average Bonchev–Trinajstić information content (AvgIpc) is 1.56. The lowest BCUT2D eigenvalue weighted by Crippen LogP contribution is -2.47. The van der Waals surface area contributed by atoms with Crippen molar-refractivity contribution in [2.75, 3.05) is 24.5 Å². The minimum atomic E-state index is -6.39. The lowest BCUT2D eigenvalue weighted by Gasteiger charge is -2.35. The molecule has 2 saturated carbocycles. The summed E-state index contributed by atoms with van der Waals surface area (Å²) in [5, 5.41) is 6.11. The summed E-state index contributed by atoms with van der Waals surface area (Å²) in [6.45, 7) is 3.33. The Balaban J connectivity index is 0.000000168. The standard InChI is InChI=1S/4C18H15S.C13H19F2N2O8S3.C3H6F2N2O8S4/c4*1-4-10-16(11-5-1)19(17-12-6-2-7-13-17)18-14-8-3-9-15-18;1-11(2)8-4-5-12(11,9(18)6-8)7-27(22,23)16-10(19)13(14,15)28(24,25)17-26(3,20)21;1-16(8,9)6-18(12,13)3(4,5)19(14,15)7-17(2,10)11/h4*1-15H;8H,4-7H2,1-3H3,(H,16,19);1-2H3/q4*+1;-1;-2/p-1. The van der Waals surface area contributed by atoms with Gasteiger partial charge in [-0.05, 0) is 170 Å².